The van der Waals surface area contributed by atoms with E-state index in [1.165, 1.54) is 19.4 Å². The molecular formula is C16H23ClN2O2. The summed E-state index contributed by atoms with van der Waals surface area (Å²) in [6.45, 7) is 3.17. The number of likely N-dealkylation sites (tertiary alicyclic amines) is 1. The summed E-state index contributed by atoms with van der Waals surface area (Å²) in [6.07, 6.45) is 3.88. The Morgan fingerprint density at radius 3 is 2.71 bits per heavy atom. The van der Waals surface area contributed by atoms with E-state index in [9.17, 15) is 4.79 Å². The number of hydrogen-bond acceptors (Lipinski definition) is 3. The topological polar surface area (TPSA) is 41.6 Å². The Morgan fingerprint density at radius 1 is 1.38 bits per heavy atom. The van der Waals surface area contributed by atoms with Gasteiger partial charge in [0.2, 0.25) is 0 Å². The summed E-state index contributed by atoms with van der Waals surface area (Å²) in [7, 11) is 1.63. The van der Waals surface area contributed by atoms with Crippen molar-refractivity contribution in [1.29, 1.82) is 0 Å². The zero-order valence-corrected chi connectivity index (χ0v) is 13.2. The summed E-state index contributed by atoms with van der Waals surface area (Å²) in [6, 6.07) is 8.20. The first-order valence-corrected chi connectivity index (χ1v) is 7.47. The van der Waals surface area contributed by atoms with E-state index < -0.39 is 0 Å². The lowest BCUT2D eigenvalue weighted by Gasteiger charge is -2.17. The fourth-order valence-electron chi connectivity index (χ4n) is 3.07. The molecule has 0 spiro atoms. The van der Waals surface area contributed by atoms with Crippen molar-refractivity contribution in [1.82, 2.24) is 10.2 Å². The van der Waals surface area contributed by atoms with Crippen LogP contribution in [0.5, 0.6) is 5.75 Å². The smallest absolute Gasteiger partial charge is 0.251 e. The average molecular weight is 311 g/mol. The summed E-state index contributed by atoms with van der Waals surface area (Å²) in [5, 5.41) is 2.61. The molecule has 116 valence electrons. The highest BCUT2D eigenvalue weighted by molar-refractivity contribution is 5.94. The number of amides is 1. The Hall–Kier alpha value is -1.26. The van der Waals surface area contributed by atoms with Crippen LogP contribution in [0.15, 0.2) is 24.3 Å². The number of rotatable bonds is 6. The van der Waals surface area contributed by atoms with E-state index in [-0.39, 0.29) is 18.3 Å². The maximum Gasteiger partial charge on any atom is 0.251 e. The minimum atomic E-state index is -0.0652. The maximum absolute atomic E-state index is 11.4. The van der Waals surface area contributed by atoms with E-state index in [0.29, 0.717) is 5.56 Å². The second kappa shape index (κ2) is 7.14. The summed E-state index contributed by atoms with van der Waals surface area (Å²) >= 11 is 0. The lowest BCUT2D eigenvalue weighted by molar-refractivity contribution is 0.0963. The number of fused-ring (bicyclic) bond motifs is 1. The Balaban J connectivity index is 0.00000161. The van der Waals surface area contributed by atoms with Crippen LogP contribution in [0.2, 0.25) is 0 Å². The van der Waals surface area contributed by atoms with Crippen LogP contribution in [0, 0.1) is 5.92 Å². The third-order valence-electron chi connectivity index (χ3n) is 4.34. The van der Waals surface area contributed by atoms with Crippen molar-refractivity contribution in [3.05, 3.63) is 29.8 Å². The molecule has 3 rings (SSSR count). The molecule has 1 amide bonds. The molecule has 0 aromatic heterocycles. The van der Waals surface area contributed by atoms with Gasteiger partial charge in [0.05, 0.1) is 6.61 Å². The number of carbonyl (C=O) groups excluding carboxylic acids is 1. The van der Waals surface area contributed by atoms with Crippen molar-refractivity contribution in [2.24, 2.45) is 5.92 Å². The van der Waals surface area contributed by atoms with E-state index in [1.807, 2.05) is 12.1 Å². The molecule has 1 aliphatic carbocycles. The number of ether oxygens (including phenoxy) is 1. The number of carbonyl (C=O) groups is 1. The van der Waals surface area contributed by atoms with Crippen molar-refractivity contribution in [2.75, 3.05) is 26.7 Å². The van der Waals surface area contributed by atoms with E-state index in [0.717, 1.165) is 37.3 Å². The highest BCUT2D eigenvalue weighted by atomic mass is 35.5. The molecule has 2 aliphatic rings. The molecular weight excluding hydrogens is 288 g/mol. The Labute approximate surface area is 132 Å². The SMILES string of the molecule is CNC(=O)c1ccc(OCCCN2CCC3CC32)cc1.Cl. The second-order valence-electron chi connectivity index (χ2n) is 5.69. The van der Waals surface area contributed by atoms with E-state index in [1.54, 1.807) is 19.2 Å². The molecule has 2 fully saturated rings. The lowest BCUT2D eigenvalue weighted by atomic mass is 10.2. The van der Waals surface area contributed by atoms with Gasteiger partial charge in [-0.2, -0.15) is 0 Å². The zero-order valence-electron chi connectivity index (χ0n) is 12.4. The van der Waals surface area contributed by atoms with Crippen molar-refractivity contribution in [2.45, 2.75) is 25.3 Å². The van der Waals surface area contributed by atoms with Crippen molar-refractivity contribution in [3.8, 4) is 5.75 Å². The number of piperidine rings is 1. The average Bonchev–Trinajstić information content (AvgIpc) is 3.17. The molecule has 1 aromatic carbocycles. The predicted molar refractivity (Wildman–Crippen MR) is 85.3 cm³/mol. The van der Waals surface area contributed by atoms with Crippen molar-refractivity contribution in [3.63, 3.8) is 0 Å². The van der Waals surface area contributed by atoms with E-state index >= 15 is 0 Å². The zero-order chi connectivity index (χ0) is 13.9. The van der Waals surface area contributed by atoms with Gasteiger partial charge in [0.1, 0.15) is 5.75 Å². The summed E-state index contributed by atoms with van der Waals surface area (Å²) in [5.41, 5.74) is 0.664. The molecule has 1 N–H and O–H groups in total. The Bertz CT molecular complexity index is 478. The maximum atomic E-state index is 11.4. The van der Waals surface area contributed by atoms with Crippen LogP contribution in [-0.2, 0) is 0 Å². The molecule has 1 saturated heterocycles. The van der Waals surface area contributed by atoms with Crippen LogP contribution in [0.4, 0.5) is 0 Å². The van der Waals surface area contributed by atoms with Gasteiger partial charge in [-0.1, -0.05) is 0 Å². The van der Waals surface area contributed by atoms with Crippen LogP contribution >= 0.6 is 12.4 Å². The minimum absolute atomic E-state index is 0. The lowest BCUT2D eigenvalue weighted by Crippen LogP contribution is -2.25. The van der Waals surface area contributed by atoms with Crippen molar-refractivity contribution >= 4 is 18.3 Å². The molecule has 2 atom stereocenters. The monoisotopic (exact) mass is 310 g/mol. The summed E-state index contributed by atoms with van der Waals surface area (Å²) in [5.74, 6) is 1.78. The summed E-state index contributed by atoms with van der Waals surface area (Å²) < 4.78 is 5.72. The quantitative estimate of drug-likeness (QED) is 0.820. The van der Waals surface area contributed by atoms with E-state index in [2.05, 4.69) is 10.2 Å². The van der Waals surface area contributed by atoms with Gasteiger partial charge < -0.3 is 10.1 Å². The highest BCUT2D eigenvalue weighted by Crippen LogP contribution is 2.44. The standard InChI is InChI=1S/C16H22N2O2.ClH/c1-17-16(19)12-3-5-14(6-4-12)20-10-2-8-18-9-7-13-11-15(13)18;/h3-6,13,15H,2,7-11H2,1H3,(H,17,19);1H. The minimum Gasteiger partial charge on any atom is -0.494 e. The first-order chi connectivity index (χ1) is 9.78. The molecule has 1 saturated carbocycles. The van der Waals surface area contributed by atoms with E-state index in [4.69, 9.17) is 4.74 Å². The normalized spacial score (nSPS) is 23.1. The third-order valence-corrected chi connectivity index (χ3v) is 4.34. The molecule has 1 aliphatic heterocycles. The Kier molecular flexibility index (Phi) is 5.48. The highest BCUT2D eigenvalue weighted by Gasteiger charge is 2.46. The molecule has 21 heavy (non-hydrogen) atoms. The molecule has 2 unspecified atom stereocenters. The first-order valence-electron chi connectivity index (χ1n) is 7.47. The number of benzene rings is 1. The van der Waals surface area contributed by atoms with Crippen LogP contribution in [-0.4, -0.2) is 43.6 Å². The predicted octanol–water partition coefficient (Wildman–Crippen LogP) is 2.33. The van der Waals surface area contributed by atoms with Gasteiger partial charge in [0.15, 0.2) is 0 Å². The molecule has 0 radical (unpaired) electrons. The second-order valence-corrected chi connectivity index (χ2v) is 5.69. The van der Waals surface area contributed by atoms with Gasteiger partial charge in [-0.25, -0.2) is 0 Å². The van der Waals surface area contributed by atoms with Crippen molar-refractivity contribution < 1.29 is 9.53 Å². The number of nitrogens with one attached hydrogen (secondary N) is 1. The molecule has 0 bridgehead atoms. The number of nitrogens with zero attached hydrogens (tertiary/aromatic N) is 1. The van der Waals surface area contributed by atoms with Crippen LogP contribution in [0.1, 0.15) is 29.6 Å². The molecule has 1 aromatic rings. The van der Waals surface area contributed by atoms with Gasteiger partial charge in [0.25, 0.3) is 5.91 Å². The molecule has 5 heteroatoms. The van der Waals surface area contributed by atoms with Gasteiger partial charge in [-0.05, 0) is 56.0 Å². The molecule has 4 nitrogen and oxygen atoms in total. The molecule has 1 heterocycles. The largest absolute Gasteiger partial charge is 0.494 e. The van der Waals surface area contributed by atoms with Crippen LogP contribution < -0.4 is 10.1 Å². The third kappa shape index (κ3) is 3.89. The first kappa shape index (κ1) is 16.1. The van der Waals surface area contributed by atoms with Gasteiger partial charge in [0, 0.05) is 25.2 Å². The van der Waals surface area contributed by atoms with Crippen LogP contribution in [0.3, 0.4) is 0 Å². The van der Waals surface area contributed by atoms with Crippen LogP contribution in [0.25, 0.3) is 0 Å². The van der Waals surface area contributed by atoms with Gasteiger partial charge in [-0.3, -0.25) is 9.69 Å². The summed E-state index contributed by atoms with van der Waals surface area (Å²) in [4.78, 5) is 14.0. The number of hydrogen-bond donors (Lipinski definition) is 1. The fraction of sp³-hybridized carbons (Fsp3) is 0.562. The van der Waals surface area contributed by atoms with Gasteiger partial charge >= 0.3 is 0 Å². The number of halogens is 1. The Morgan fingerprint density at radius 2 is 2.14 bits per heavy atom. The van der Waals surface area contributed by atoms with Gasteiger partial charge in [-0.15, -0.1) is 12.4 Å². The fourth-order valence-corrected chi connectivity index (χ4v) is 3.07.